The minimum atomic E-state index is 0.0201. The number of benzene rings is 2. The molecule has 1 aromatic heterocycles. The van der Waals surface area contributed by atoms with Crippen molar-refractivity contribution in [2.75, 3.05) is 19.1 Å². The average molecular weight is 365 g/mol. The van der Waals surface area contributed by atoms with Gasteiger partial charge in [-0.2, -0.15) is 10.2 Å². The van der Waals surface area contributed by atoms with Crippen molar-refractivity contribution in [3.8, 4) is 28.5 Å². The molecule has 0 fully saturated rings. The highest BCUT2D eigenvalue weighted by Gasteiger charge is 2.09. The fourth-order valence-corrected chi connectivity index (χ4v) is 2.41. The molecular formula is C19H19N5O3. The lowest BCUT2D eigenvalue weighted by atomic mass is 10.1. The van der Waals surface area contributed by atoms with E-state index < -0.39 is 0 Å². The third-order valence-electron chi connectivity index (χ3n) is 3.64. The van der Waals surface area contributed by atoms with Crippen LogP contribution < -0.4 is 14.9 Å². The number of phenols is 1. The van der Waals surface area contributed by atoms with Crippen molar-refractivity contribution in [1.82, 2.24) is 15.2 Å². The third kappa shape index (κ3) is 4.30. The standard InChI is InChI=1S/C19H19N5O3/c1-3-27-17-10-6-7-13(18(17)25)11-20-23-19-22-15(12-21-24-19)14-8-4-5-9-16(14)26-2/h4-12,25H,3H2,1-2H3,(H,22,23,24)/b20-11-. The second kappa shape index (κ2) is 8.61. The van der Waals surface area contributed by atoms with Gasteiger partial charge in [-0.1, -0.05) is 18.2 Å². The van der Waals surface area contributed by atoms with Gasteiger partial charge in [-0.3, -0.25) is 0 Å². The van der Waals surface area contributed by atoms with Crippen molar-refractivity contribution in [1.29, 1.82) is 0 Å². The highest BCUT2D eigenvalue weighted by Crippen LogP contribution is 2.29. The number of hydrogen-bond donors (Lipinski definition) is 2. The second-order valence-corrected chi connectivity index (χ2v) is 5.36. The number of para-hydroxylation sites is 2. The molecule has 0 saturated carbocycles. The summed E-state index contributed by atoms with van der Waals surface area (Å²) in [5.41, 5.74) is 4.61. The van der Waals surface area contributed by atoms with Crippen molar-refractivity contribution < 1.29 is 14.6 Å². The van der Waals surface area contributed by atoms with Gasteiger partial charge >= 0.3 is 0 Å². The lowest BCUT2D eigenvalue weighted by Gasteiger charge is -2.08. The van der Waals surface area contributed by atoms with Gasteiger partial charge in [0.25, 0.3) is 5.95 Å². The van der Waals surface area contributed by atoms with Crippen molar-refractivity contribution in [2.24, 2.45) is 5.10 Å². The number of phenolic OH excluding ortho intramolecular Hbond substituents is 1. The van der Waals surface area contributed by atoms with Crippen molar-refractivity contribution in [2.45, 2.75) is 6.92 Å². The zero-order chi connectivity index (χ0) is 19.1. The van der Waals surface area contributed by atoms with E-state index in [2.05, 4.69) is 25.7 Å². The third-order valence-corrected chi connectivity index (χ3v) is 3.64. The molecule has 0 atom stereocenters. The fraction of sp³-hybridized carbons (Fsp3) is 0.158. The predicted molar refractivity (Wildman–Crippen MR) is 102 cm³/mol. The Morgan fingerprint density at radius 2 is 1.96 bits per heavy atom. The van der Waals surface area contributed by atoms with Gasteiger partial charge in [-0.25, -0.2) is 10.4 Å². The number of methoxy groups -OCH3 is 1. The lowest BCUT2D eigenvalue weighted by Crippen LogP contribution is -2.01. The van der Waals surface area contributed by atoms with Crippen LogP contribution in [0.4, 0.5) is 5.95 Å². The van der Waals surface area contributed by atoms with E-state index in [9.17, 15) is 5.11 Å². The Hall–Kier alpha value is -3.68. The number of hydrogen-bond acceptors (Lipinski definition) is 8. The van der Waals surface area contributed by atoms with E-state index in [4.69, 9.17) is 9.47 Å². The molecule has 138 valence electrons. The number of anilines is 1. The van der Waals surface area contributed by atoms with E-state index in [0.717, 1.165) is 5.56 Å². The number of rotatable bonds is 7. The van der Waals surface area contributed by atoms with E-state index in [-0.39, 0.29) is 11.7 Å². The van der Waals surface area contributed by atoms with Crippen LogP contribution in [0.2, 0.25) is 0 Å². The Bertz CT molecular complexity index is 946. The van der Waals surface area contributed by atoms with Gasteiger partial charge in [0.05, 0.1) is 31.8 Å². The molecule has 0 saturated heterocycles. The summed E-state index contributed by atoms with van der Waals surface area (Å²) in [4.78, 5) is 4.39. The molecule has 0 aliphatic rings. The quantitative estimate of drug-likeness (QED) is 0.490. The van der Waals surface area contributed by atoms with Crippen molar-refractivity contribution in [3.63, 3.8) is 0 Å². The Morgan fingerprint density at radius 1 is 1.15 bits per heavy atom. The summed E-state index contributed by atoms with van der Waals surface area (Å²) in [7, 11) is 1.60. The fourth-order valence-electron chi connectivity index (χ4n) is 2.41. The molecule has 8 heteroatoms. The maximum absolute atomic E-state index is 10.2. The largest absolute Gasteiger partial charge is 0.504 e. The van der Waals surface area contributed by atoms with Crippen LogP contribution in [0.3, 0.4) is 0 Å². The van der Waals surface area contributed by atoms with Crippen LogP contribution in [-0.4, -0.2) is 40.2 Å². The zero-order valence-electron chi connectivity index (χ0n) is 15.0. The molecule has 0 aliphatic carbocycles. The van der Waals surface area contributed by atoms with Gasteiger partial charge in [0.2, 0.25) is 0 Å². The summed E-state index contributed by atoms with van der Waals surface area (Å²) in [6.45, 7) is 2.31. The number of ether oxygens (including phenoxy) is 2. The normalized spacial score (nSPS) is 10.7. The SMILES string of the molecule is CCOc1cccc(/C=N\Nc2nncc(-c3ccccc3OC)n2)c1O. The van der Waals surface area contributed by atoms with E-state index in [1.54, 1.807) is 31.5 Å². The highest BCUT2D eigenvalue weighted by atomic mass is 16.5. The Labute approximate surface area is 156 Å². The molecule has 0 radical (unpaired) electrons. The Morgan fingerprint density at radius 3 is 2.78 bits per heavy atom. The van der Waals surface area contributed by atoms with Crippen molar-refractivity contribution in [3.05, 3.63) is 54.2 Å². The predicted octanol–water partition coefficient (Wildman–Crippen LogP) is 3.10. The smallest absolute Gasteiger partial charge is 0.263 e. The van der Waals surface area contributed by atoms with Gasteiger partial charge in [0, 0.05) is 11.1 Å². The molecular weight excluding hydrogens is 346 g/mol. The summed E-state index contributed by atoms with van der Waals surface area (Å²) < 4.78 is 10.7. The Kier molecular flexibility index (Phi) is 5.78. The molecule has 0 amide bonds. The molecule has 0 unspecified atom stereocenters. The first-order chi connectivity index (χ1) is 13.2. The van der Waals surface area contributed by atoms with Gasteiger partial charge in [0.15, 0.2) is 11.5 Å². The van der Waals surface area contributed by atoms with Crippen LogP contribution in [0, 0.1) is 0 Å². The molecule has 2 aromatic carbocycles. The minimum Gasteiger partial charge on any atom is -0.504 e. The molecule has 8 nitrogen and oxygen atoms in total. The summed E-state index contributed by atoms with van der Waals surface area (Å²) in [6.07, 6.45) is 3.00. The first kappa shape index (κ1) is 18.1. The highest BCUT2D eigenvalue weighted by molar-refractivity contribution is 5.85. The van der Waals surface area contributed by atoms with Gasteiger partial charge in [-0.05, 0) is 31.2 Å². The molecule has 2 N–H and O–H groups in total. The summed E-state index contributed by atoms with van der Waals surface area (Å²) >= 11 is 0. The number of hydrazone groups is 1. The summed E-state index contributed by atoms with van der Waals surface area (Å²) in [5.74, 6) is 1.32. The van der Waals surface area contributed by atoms with Crippen LogP contribution in [0.15, 0.2) is 53.8 Å². The van der Waals surface area contributed by atoms with Crippen LogP contribution >= 0.6 is 0 Å². The molecule has 27 heavy (non-hydrogen) atoms. The van der Waals surface area contributed by atoms with Crippen molar-refractivity contribution >= 4 is 12.2 Å². The topological polar surface area (TPSA) is 102 Å². The number of nitrogens with one attached hydrogen (secondary N) is 1. The number of nitrogens with zero attached hydrogens (tertiary/aromatic N) is 4. The second-order valence-electron chi connectivity index (χ2n) is 5.36. The molecule has 0 bridgehead atoms. The lowest BCUT2D eigenvalue weighted by molar-refractivity contribution is 0.318. The average Bonchev–Trinajstić information content (AvgIpc) is 2.71. The maximum Gasteiger partial charge on any atom is 0.263 e. The first-order valence-electron chi connectivity index (χ1n) is 8.30. The van der Waals surface area contributed by atoms with Crippen LogP contribution in [-0.2, 0) is 0 Å². The van der Waals surface area contributed by atoms with E-state index in [1.807, 2.05) is 31.2 Å². The maximum atomic E-state index is 10.2. The minimum absolute atomic E-state index is 0.0201. The van der Waals surface area contributed by atoms with E-state index in [0.29, 0.717) is 29.4 Å². The van der Waals surface area contributed by atoms with E-state index >= 15 is 0 Å². The molecule has 3 aromatic rings. The molecule has 0 spiro atoms. The van der Waals surface area contributed by atoms with E-state index in [1.165, 1.54) is 6.21 Å². The first-order valence-corrected chi connectivity index (χ1v) is 8.30. The molecule has 1 heterocycles. The monoisotopic (exact) mass is 365 g/mol. The zero-order valence-corrected chi connectivity index (χ0v) is 15.0. The summed E-state index contributed by atoms with van der Waals surface area (Å²) in [6, 6.07) is 12.7. The van der Waals surface area contributed by atoms with Crippen LogP contribution in [0.1, 0.15) is 12.5 Å². The number of aromatic nitrogens is 3. The van der Waals surface area contributed by atoms with Gasteiger partial charge < -0.3 is 14.6 Å². The summed E-state index contributed by atoms with van der Waals surface area (Å²) in [5, 5.41) is 22.1. The molecule has 3 rings (SSSR count). The van der Waals surface area contributed by atoms with Gasteiger partial charge in [-0.15, -0.1) is 5.10 Å². The van der Waals surface area contributed by atoms with Crippen LogP contribution in [0.25, 0.3) is 11.3 Å². The molecule has 0 aliphatic heterocycles. The van der Waals surface area contributed by atoms with Gasteiger partial charge in [0.1, 0.15) is 5.75 Å². The Balaban J connectivity index is 1.78. The van der Waals surface area contributed by atoms with Crippen LogP contribution in [0.5, 0.6) is 17.2 Å². The number of aromatic hydroxyl groups is 1.